The minimum Gasteiger partial charge on any atom is -0.368 e. The maximum absolute atomic E-state index is 11.6. The van der Waals surface area contributed by atoms with Gasteiger partial charge in [0, 0.05) is 18.5 Å². The fourth-order valence-electron chi connectivity index (χ4n) is 2.35. The van der Waals surface area contributed by atoms with E-state index >= 15 is 0 Å². The molecule has 1 saturated carbocycles. The molecule has 1 aliphatic carbocycles. The first-order chi connectivity index (χ1) is 7.27. The topological polar surface area (TPSA) is 38.3 Å². The molecule has 3 nitrogen and oxygen atoms in total. The fourth-order valence-corrected chi connectivity index (χ4v) is 2.72. The molecule has 1 amide bonds. The summed E-state index contributed by atoms with van der Waals surface area (Å²) in [6, 6.07) is 0. The number of carbonyl (C=O) groups is 1. The number of nitrogens with one attached hydrogen (secondary N) is 1. The Labute approximate surface area is 95.5 Å². The first kappa shape index (κ1) is 11.2. The number of carbonyl (C=O) groups excluding carboxylic acids is 1. The lowest BCUT2D eigenvalue weighted by Crippen LogP contribution is -2.38. The molecule has 1 aliphatic heterocycles. The van der Waals surface area contributed by atoms with Gasteiger partial charge in [-0.05, 0) is 31.6 Å². The minimum absolute atomic E-state index is 0.0447. The summed E-state index contributed by atoms with van der Waals surface area (Å²) in [6.07, 6.45) is 5.07. The smallest absolute Gasteiger partial charge is 0.249 e. The molecule has 2 rings (SSSR count). The molecule has 0 aromatic rings. The molecule has 2 fully saturated rings. The molecule has 1 heterocycles. The third kappa shape index (κ3) is 2.85. The standard InChI is InChI=1S/C11H18ClNO2/c12-9-4-1-3-8(9)7-13-11(14)10-5-2-6-15-10/h8-10H,1-7H2,(H,13,14). The number of alkyl halides is 1. The van der Waals surface area contributed by atoms with Crippen LogP contribution in [0.25, 0.3) is 0 Å². The quantitative estimate of drug-likeness (QED) is 0.751. The Balaban J connectivity index is 1.70. The Morgan fingerprint density at radius 3 is 2.80 bits per heavy atom. The summed E-state index contributed by atoms with van der Waals surface area (Å²) in [4.78, 5) is 11.6. The third-order valence-electron chi connectivity index (χ3n) is 3.33. The van der Waals surface area contributed by atoms with Crippen molar-refractivity contribution in [2.45, 2.75) is 43.6 Å². The molecule has 3 atom stereocenters. The summed E-state index contributed by atoms with van der Waals surface area (Å²) >= 11 is 6.14. The SMILES string of the molecule is O=C(NCC1CCCC1Cl)C1CCCO1. The molecule has 3 unspecified atom stereocenters. The highest BCUT2D eigenvalue weighted by atomic mass is 35.5. The highest BCUT2D eigenvalue weighted by Crippen LogP contribution is 2.29. The van der Waals surface area contributed by atoms with Gasteiger partial charge in [0.2, 0.25) is 5.91 Å². The summed E-state index contributed by atoms with van der Waals surface area (Å²) in [7, 11) is 0. The van der Waals surface area contributed by atoms with Crippen molar-refractivity contribution in [3.05, 3.63) is 0 Å². The van der Waals surface area contributed by atoms with Crippen LogP contribution in [-0.2, 0) is 9.53 Å². The molecule has 2 aliphatic rings. The number of ether oxygens (including phenoxy) is 1. The van der Waals surface area contributed by atoms with E-state index in [9.17, 15) is 4.79 Å². The summed E-state index contributed by atoms with van der Waals surface area (Å²) in [5.74, 6) is 0.500. The van der Waals surface area contributed by atoms with Crippen LogP contribution in [0.15, 0.2) is 0 Å². The van der Waals surface area contributed by atoms with E-state index in [2.05, 4.69) is 5.32 Å². The molecular weight excluding hydrogens is 214 g/mol. The van der Waals surface area contributed by atoms with Gasteiger partial charge in [-0.15, -0.1) is 11.6 Å². The van der Waals surface area contributed by atoms with Crippen molar-refractivity contribution in [1.82, 2.24) is 5.32 Å². The van der Waals surface area contributed by atoms with Gasteiger partial charge in [-0.2, -0.15) is 0 Å². The fraction of sp³-hybridized carbons (Fsp3) is 0.909. The summed E-state index contributed by atoms with van der Waals surface area (Å²) in [6.45, 7) is 1.44. The van der Waals surface area contributed by atoms with Crippen LogP contribution in [-0.4, -0.2) is 30.5 Å². The lowest BCUT2D eigenvalue weighted by Gasteiger charge is -2.16. The number of hydrogen-bond acceptors (Lipinski definition) is 2. The second-order valence-corrected chi connectivity index (χ2v) is 5.01. The van der Waals surface area contributed by atoms with Crippen molar-refractivity contribution < 1.29 is 9.53 Å². The molecule has 1 N–H and O–H groups in total. The normalized spacial score (nSPS) is 35.7. The zero-order chi connectivity index (χ0) is 10.7. The van der Waals surface area contributed by atoms with E-state index in [1.165, 1.54) is 6.42 Å². The van der Waals surface area contributed by atoms with E-state index in [0.29, 0.717) is 12.5 Å². The molecule has 1 saturated heterocycles. The van der Waals surface area contributed by atoms with E-state index in [0.717, 1.165) is 32.3 Å². The Kier molecular flexibility index (Phi) is 3.87. The van der Waals surface area contributed by atoms with Crippen LogP contribution in [0.5, 0.6) is 0 Å². The van der Waals surface area contributed by atoms with Crippen LogP contribution in [0.2, 0.25) is 0 Å². The van der Waals surface area contributed by atoms with Gasteiger partial charge in [0.1, 0.15) is 6.10 Å². The van der Waals surface area contributed by atoms with Gasteiger partial charge in [-0.3, -0.25) is 4.79 Å². The average Bonchev–Trinajstić information content (AvgIpc) is 2.85. The van der Waals surface area contributed by atoms with E-state index < -0.39 is 0 Å². The molecule has 0 aromatic carbocycles. The first-order valence-corrected chi connectivity index (χ1v) is 6.24. The molecular formula is C11H18ClNO2. The highest BCUT2D eigenvalue weighted by molar-refractivity contribution is 6.20. The molecule has 4 heteroatoms. The van der Waals surface area contributed by atoms with Gasteiger partial charge >= 0.3 is 0 Å². The van der Waals surface area contributed by atoms with E-state index in [4.69, 9.17) is 16.3 Å². The molecule has 0 spiro atoms. The van der Waals surface area contributed by atoms with Crippen molar-refractivity contribution in [1.29, 1.82) is 0 Å². The van der Waals surface area contributed by atoms with Crippen molar-refractivity contribution in [2.24, 2.45) is 5.92 Å². The van der Waals surface area contributed by atoms with Crippen LogP contribution in [0.1, 0.15) is 32.1 Å². The van der Waals surface area contributed by atoms with Gasteiger partial charge < -0.3 is 10.1 Å². The van der Waals surface area contributed by atoms with Gasteiger partial charge in [-0.1, -0.05) is 6.42 Å². The third-order valence-corrected chi connectivity index (χ3v) is 3.90. The van der Waals surface area contributed by atoms with Crippen LogP contribution in [0, 0.1) is 5.92 Å². The zero-order valence-electron chi connectivity index (χ0n) is 8.88. The Hall–Kier alpha value is -0.280. The molecule has 15 heavy (non-hydrogen) atoms. The lowest BCUT2D eigenvalue weighted by atomic mass is 10.1. The highest BCUT2D eigenvalue weighted by Gasteiger charge is 2.28. The van der Waals surface area contributed by atoms with Gasteiger partial charge in [-0.25, -0.2) is 0 Å². The van der Waals surface area contributed by atoms with Crippen LogP contribution in [0.3, 0.4) is 0 Å². The number of halogens is 1. The summed E-state index contributed by atoms with van der Waals surface area (Å²) in [5, 5.41) is 3.19. The second-order valence-electron chi connectivity index (χ2n) is 4.45. The zero-order valence-corrected chi connectivity index (χ0v) is 9.63. The molecule has 0 radical (unpaired) electrons. The Morgan fingerprint density at radius 1 is 1.33 bits per heavy atom. The Bertz CT molecular complexity index is 229. The number of amides is 1. The first-order valence-electron chi connectivity index (χ1n) is 5.81. The Morgan fingerprint density at radius 2 is 2.20 bits per heavy atom. The van der Waals surface area contributed by atoms with Gasteiger partial charge in [0.15, 0.2) is 0 Å². The largest absolute Gasteiger partial charge is 0.368 e. The number of hydrogen-bond donors (Lipinski definition) is 1. The average molecular weight is 232 g/mol. The minimum atomic E-state index is -0.208. The van der Waals surface area contributed by atoms with Crippen molar-refractivity contribution in [2.75, 3.05) is 13.2 Å². The monoisotopic (exact) mass is 231 g/mol. The molecule has 0 bridgehead atoms. The number of rotatable bonds is 3. The van der Waals surface area contributed by atoms with E-state index in [1.54, 1.807) is 0 Å². The van der Waals surface area contributed by atoms with Crippen molar-refractivity contribution in [3.63, 3.8) is 0 Å². The molecule has 86 valence electrons. The summed E-state index contributed by atoms with van der Waals surface area (Å²) in [5.41, 5.74) is 0. The van der Waals surface area contributed by atoms with Crippen LogP contribution < -0.4 is 5.32 Å². The van der Waals surface area contributed by atoms with Crippen LogP contribution in [0.4, 0.5) is 0 Å². The van der Waals surface area contributed by atoms with Crippen molar-refractivity contribution in [3.8, 4) is 0 Å². The van der Waals surface area contributed by atoms with Gasteiger partial charge in [0.05, 0.1) is 0 Å². The van der Waals surface area contributed by atoms with E-state index in [1.807, 2.05) is 0 Å². The predicted molar refractivity (Wildman–Crippen MR) is 59.0 cm³/mol. The van der Waals surface area contributed by atoms with E-state index in [-0.39, 0.29) is 17.4 Å². The summed E-state index contributed by atoms with van der Waals surface area (Å²) < 4.78 is 5.31. The predicted octanol–water partition coefficient (Wildman–Crippen LogP) is 1.69. The molecule has 0 aromatic heterocycles. The maximum atomic E-state index is 11.6. The maximum Gasteiger partial charge on any atom is 0.249 e. The van der Waals surface area contributed by atoms with Gasteiger partial charge in [0.25, 0.3) is 0 Å². The lowest BCUT2D eigenvalue weighted by molar-refractivity contribution is -0.130. The second kappa shape index (κ2) is 5.17. The van der Waals surface area contributed by atoms with Crippen LogP contribution >= 0.6 is 11.6 Å². The van der Waals surface area contributed by atoms with Crippen molar-refractivity contribution >= 4 is 17.5 Å².